The van der Waals surface area contributed by atoms with Crippen molar-refractivity contribution in [1.29, 1.82) is 0 Å². The summed E-state index contributed by atoms with van der Waals surface area (Å²) < 4.78 is 1.90. The van der Waals surface area contributed by atoms with Gasteiger partial charge in [-0.15, -0.1) is 0 Å². The van der Waals surface area contributed by atoms with Gasteiger partial charge in [-0.1, -0.05) is 36.4 Å². The average molecular weight is 303 g/mol. The Morgan fingerprint density at radius 2 is 1.70 bits per heavy atom. The van der Waals surface area contributed by atoms with E-state index in [4.69, 9.17) is 0 Å². The highest BCUT2D eigenvalue weighted by atomic mass is 16.2. The zero-order valence-corrected chi connectivity index (χ0v) is 12.8. The van der Waals surface area contributed by atoms with Gasteiger partial charge in [-0.3, -0.25) is 4.79 Å². The van der Waals surface area contributed by atoms with Crippen LogP contribution in [0.3, 0.4) is 0 Å². The maximum atomic E-state index is 12.4. The molecular formula is C19H17N3O. The van der Waals surface area contributed by atoms with Crippen molar-refractivity contribution in [2.24, 2.45) is 5.10 Å². The summed E-state index contributed by atoms with van der Waals surface area (Å²) in [6.07, 6.45) is 5.47. The summed E-state index contributed by atoms with van der Waals surface area (Å²) in [5.74, 6) is -0.237. The zero-order chi connectivity index (χ0) is 16.1. The van der Waals surface area contributed by atoms with E-state index in [2.05, 4.69) is 10.5 Å². The molecule has 0 fully saturated rings. The number of hydrazone groups is 1. The second kappa shape index (κ2) is 6.75. The van der Waals surface area contributed by atoms with Crippen LogP contribution in [-0.2, 0) is 0 Å². The number of amides is 1. The first-order valence-electron chi connectivity index (χ1n) is 7.37. The molecule has 0 bridgehead atoms. The fourth-order valence-corrected chi connectivity index (χ4v) is 2.34. The molecule has 4 heteroatoms. The summed E-state index contributed by atoms with van der Waals surface area (Å²) in [5.41, 5.74) is 6.08. The normalized spacial score (nSPS) is 10.8. The topological polar surface area (TPSA) is 46.4 Å². The van der Waals surface area contributed by atoms with Crippen LogP contribution in [0.15, 0.2) is 78.2 Å². The number of nitrogens with one attached hydrogen (secondary N) is 1. The number of rotatable bonds is 4. The first-order chi connectivity index (χ1) is 11.3. The molecule has 0 atom stereocenters. The number of hydrogen-bond donors (Lipinski definition) is 1. The van der Waals surface area contributed by atoms with Gasteiger partial charge >= 0.3 is 0 Å². The highest BCUT2D eigenvalue weighted by molar-refractivity contribution is 5.98. The minimum Gasteiger partial charge on any atom is -0.323 e. The third-order valence-corrected chi connectivity index (χ3v) is 3.59. The number of nitrogens with zero attached hydrogens (tertiary/aromatic N) is 2. The van der Waals surface area contributed by atoms with E-state index in [9.17, 15) is 4.79 Å². The Kier molecular flexibility index (Phi) is 4.34. The predicted molar refractivity (Wildman–Crippen MR) is 92.0 cm³/mol. The van der Waals surface area contributed by atoms with E-state index in [1.165, 1.54) is 0 Å². The maximum absolute atomic E-state index is 12.4. The summed E-state index contributed by atoms with van der Waals surface area (Å²) in [6, 6.07) is 19.2. The smallest absolute Gasteiger partial charge is 0.273 e. The van der Waals surface area contributed by atoms with Crippen LogP contribution in [0.4, 0.5) is 0 Å². The van der Waals surface area contributed by atoms with Crippen molar-refractivity contribution in [3.05, 3.63) is 89.7 Å². The minimum atomic E-state index is -0.237. The van der Waals surface area contributed by atoms with Gasteiger partial charge in [0.2, 0.25) is 0 Å². The van der Waals surface area contributed by atoms with Gasteiger partial charge in [-0.25, -0.2) is 5.43 Å². The molecule has 0 aliphatic heterocycles. The lowest BCUT2D eigenvalue weighted by atomic mass is 10.1. The number of aromatic nitrogens is 1. The molecule has 1 amide bonds. The van der Waals surface area contributed by atoms with Crippen LogP contribution in [0.1, 0.15) is 21.5 Å². The number of carbonyl (C=O) groups excluding carboxylic acids is 1. The Morgan fingerprint density at radius 3 is 2.48 bits per heavy atom. The lowest BCUT2D eigenvalue weighted by Gasteiger charge is -2.09. The first kappa shape index (κ1) is 14.8. The molecule has 3 aromatic rings. The molecule has 0 saturated heterocycles. The largest absolute Gasteiger partial charge is 0.323 e. The molecule has 1 heterocycles. The Balaban J connectivity index is 1.78. The van der Waals surface area contributed by atoms with Crippen molar-refractivity contribution in [3.63, 3.8) is 0 Å². The lowest BCUT2D eigenvalue weighted by molar-refractivity contribution is 0.0955. The Morgan fingerprint density at radius 1 is 1.00 bits per heavy atom. The van der Waals surface area contributed by atoms with Crippen molar-refractivity contribution in [3.8, 4) is 5.69 Å². The van der Waals surface area contributed by atoms with Crippen LogP contribution in [0.2, 0.25) is 0 Å². The van der Waals surface area contributed by atoms with Crippen LogP contribution in [0, 0.1) is 6.92 Å². The van der Waals surface area contributed by atoms with Gasteiger partial charge < -0.3 is 4.57 Å². The van der Waals surface area contributed by atoms with Crippen molar-refractivity contribution in [2.45, 2.75) is 6.92 Å². The molecule has 0 spiro atoms. The fraction of sp³-hybridized carbons (Fsp3) is 0.0526. The van der Waals surface area contributed by atoms with Gasteiger partial charge in [0.15, 0.2) is 0 Å². The van der Waals surface area contributed by atoms with Gasteiger partial charge in [0.25, 0.3) is 5.91 Å². The highest BCUT2D eigenvalue weighted by Crippen LogP contribution is 2.14. The molecule has 1 N–H and O–H groups in total. The monoisotopic (exact) mass is 303 g/mol. The van der Waals surface area contributed by atoms with E-state index >= 15 is 0 Å². The highest BCUT2D eigenvalue weighted by Gasteiger charge is 2.10. The minimum absolute atomic E-state index is 0.237. The van der Waals surface area contributed by atoms with Gasteiger partial charge in [0.1, 0.15) is 0 Å². The molecule has 0 saturated carbocycles. The second-order valence-corrected chi connectivity index (χ2v) is 5.16. The molecule has 0 unspecified atom stereocenters. The van der Waals surface area contributed by atoms with E-state index in [0.717, 1.165) is 16.8 Å². The second-order valence-electron chi connectivity index (χ2n) is 5.16. The van der Waals surface area contributed by atoms with Gasteiger partial charge in [-0.2, -0.15) is 5.10 Å². The van der Waals surface area contributed by atoms with E-state index in [0.29, 0.717) is 5.56 Å². The Labute approximate surface area is 135 Å². The van der Waals surface area contributed by atoms with Gasteiger partial charge in [0, 0.05) is 12.4 Å². The SMILES string of the molecule is Cc1ccccc1C=NNC(=O)c1ccccc1-n1cccc1. The van der Waals surface area contributed by atoms with Crippen LogP contribution < -0.4 is 5.43 Å². The van der Waals surface area contributed by atoms with E-state index in [-0.39, 0.29) is 5.91 Å². The number of benzene rings is 2. The number of para-hydroxylation sites is 1. The summed E-state index contributed by atoms with van der Waals surface area (Å²) in [6.45, 7) is 2.00. The van der Waals surface area contributed by atoms with E-state index in [1.54, 1.807) is 12.3 Å². The molecule has 4 nitrogen and oxygen atoms in total. The van der Waals surface area contributed by atoms with Gasteiger partial charge in [0.05, 0.1) is 17.5 Å². The van der Waals surface area contributed by atoms with Crippen molar-refractivity contribution < 1.29 is 4.79 Å². The van der Waals surface area contributed by atoms with Gasteiger partial charge in [-0.05, 0) is 42.3 Å². The third-order valence-electron chi connectivity index (χ3n) is 3.59. The molecule has 114 valence electrons. The van der Waals surface area contributed by atoms with Crippen LogP contribution in [0.5, 0.6) is 0 Å². The number of hydrogen-bond acceptors (Lipinski definition) is 2. The maximum Gasteiger partial charge on any atom is 0.273 e. The molecule has 2 aromatic carbocycles. The lowest BCUT2D eigenvalue weighted by Crippen LogP contribution is -2.19. The van der Waals surface area contributed by atoms with Crippen molar-refractivity contribution in [2.75, 3.05) is 0 Å². The quantitative estimate of drug-likeness (QED) is 0.581. The van der Waals surface area contributed by atoms with Crippen molar-refractivity contribution >= 4 is 12.1 Å². The summed E-state index contributed by atoms with van der Waals surface area (Å²) in [5, 5.41) is 4.07. The Hall–Kier alpha value is -3.14. The zero-order valence-electron chi connectivity index (χ0n) is 12.8. The summed E-state index contributed by atoms with van der Waals surface area (Å²) >= 11 is 0. The molecule has 3 rings (SSSR count). The molecule has 0 aliphatic rings. The van der Waals surface area contributed by atoms with Crippen LogP contribution in [0.25, 0.3) is 5.69 Å². The first-order valence-corrected chi connectivity index (χ1v) is 7.37. The molecule has 23 heavy (non-hydrogen) atoms. The standard InChI is InChI=1S/C19H17N3O/c1-15-8-2-3-9-16(15)14-20-21-19(23)17-10-4-5-11-18(17)22-12-6-7-13-22/h2-14H,1H3,(H,21,23). The summed E-state index contributed by atoms with van der Waals surface area (Å²) in [4.78, 5) is 12.4. The predicted octanol–water partition coefficient (Wildman–Crippen LogP) is 3.55. The van der Waals surface area contributed by atoms with E-state index < -0.39 is 0 Å². The summed E-state index contributed by atoms with van der Waals surface area (Å²) in [7, 11) is 0. The molecule has 1 aromatic heterocycles. The van der Waals surface area contributed by atoms with E-state index in [1.807, 2.05) is 78.5 Å². The molecule has 0 aliphatic carbocycles. The Bertz CT molecular complexity index is 835. The molecular weight excluding hydrogens is 286 g/mol. The van der Waals surface area contributed by atoms with Crippen LogP contribution in [-0.4, -0.2) is 16.7 Å². The van der Waals surface area contributed by atoms with Crippen molar-refractivity contribution in [1.82, 2.24) is 9.99 Å². The number of aryl methyl sites for hydroxylation is 1. The molecule has 0 radical (unpaired) electrons. The number of carbonyl (C=O) groups is 1. The van der Waals surface area contributed by atoms with Crippen LogP contribution >= 0.6 is 0 Å². The fourth-order valence-electron chi connectivity index (χ4n) is 2.34. The average Bonchev–Trinajstić information content (AvgIpc) is 3.11. The third kappa shape index (κ3) is 3.37.